The zero-order chi connectivity index (χ0) is 17.5. The molecule has 0 bridgehead atoms. The van der Waals surface area contributed by atoms with E-state index < -0.39 is 36.4 Å². The molecule has 1 aromatic carbocycles. The lowest BCUT2D eigenvalue weighted by Crippen LogP contribution is -2.29. The molecule has 0 spiro atoms. The topological polar surface area (TPSA) is 61.8 Å². The van der Waals surface area contributed by atoms with E-state index in [0.717, 1.165) is 0 Å². The van der Waals surface area contributed by atoms with Gasteiger partial charge < -0.3 is 9.05 Å². The van der Waals surface area contributed by atoms with Crippen LogP contribution in [0.3, 0.4) is 0 Å². The highest BCUT2D eigenvalue weighted by atomic mass is 32.2. The summed E-state index contributed by atoms with van der Waals surface area (Å²) in [6.45, 7) is 3.26. The summed E-state index contributed by atoms with van der Waals surface area (Å²) in [5.41, 5.74) is -0.472. The molecular formula is C13H17F3O5PS+. The fourth-order valence-electron chi connectivity index (χ4n) is 1.51. The van der Waals surface area contributed by atoms with Crippen molar-refractivity contribution in [1.29, 1.82) is 0 Å². The van der Waals surface area contributed by atoms with Gasteiger partial charge in [-0.05, 0) is 26.0 Å². The summed E-state index contributed by atoms with van der Waals surface area (Å²) in [6, 6.07) is 7.76. The molecule has 5 nitrogen and oxygen atoms in total. The average molecular weight is 373 g/mol. The standard InChI is InChI=1S/C13H17F3O5PS/c1-3-19-22(18,20-4-2)10-23(11-8-6-5-7-9-11)21-12(17)13(14,15)16/h5-9H,3-4,10H2,1-2H3/q+1. The Morgan fingerprint density at radius 2 is 1.65 bits per heavy atom. The van der Waals surface area contributed by atoms with Crippen molar-refractivity contribution in [1.82, 2.24) is 0 Å². The number of benzene rings is 1. The summed E-state index contributed by atoms with van der Waals surface area (Å²) in [4.78, 5) is 11.4. The van der Waals surface area contributed by atoms with E-state index in [1.54, 1.807) is 32.0 Å². The van der Waals surface area contributed by atoms with Crippen molar-refractivity contribution in [2.75, 3.05) is 18.7 Å². The van der Waals surface area contributed by atoms with Crippen LogP contribution < -0.4 is 0 Å². The van der Waals surface area contributed by atoms with Gasteiger partial charge in [0.05, 0.1) is 13.2 Å². The second-order valence-electron chi connectivity index (χ2n) is 4.10. The zero-order valence-corrected chi connectivity index (χ0v) is 14.2. The van der Waals surface area contributed by atoms with E-state index in [4.69, 9.17) is 9.05 Å². The molecule has 1 unspecified atom stereocenters. The summed E-state index contributed by atoms with van der Waals surface area (Å²) >= 11 is -1.72. The smallest absolute Gasteiger partial charge is 0.305 e. The van der Waals surface area contributed by atoms with Crippen molar-refractivity contribution in [3.63, 3.8) is 0 Å². The van der Waals surface area contributed by atoms with Crippen LogP contribution in [0.15, 0.2) is 35.2 Å². The number of carbonyl (C=O) groups excluding carboxylic acids is 1. The minimum absolute atomic E-state index is 0.0521. The lowest BCUT2D eigenvalue weighted by Gasteiger charge is -2.16. The predicted octanol–water partition coefficient (Wildman–Crippen LogP) is 3.91. The maximum atomic E-state index is 12.5. The highest BCUT2D eigenvalue weighted by Gasteiger charge is 2.49. The van der Waals surface area contributed by atoms with Gasteiger partial charge in [0.15, 0.2) is 0 Å². The molecule has 0 aromatic heterocycles. The molecule has 0 aliphatic rings. The van der Waals surface area contributed by atoms with Crippen LogP contribution in [0.25, 0.3) is 0 Å². The number of carbonyl (C=O) groups is 1. The molecule has 0 aliphatic carbocycles. The van der Waals surface area contributed by atoms with Crippen LogP contribution in [0.1, 0.15) is 13.8 Å². The maximum Gasteiger partial charge on any atom is 0.496 e. The van der Waals surface area contributed by atoms with Gasteiger partial charge in [-0.3, -0.25) is 4.57 Å². The number of hydrogen-bond acceptors (Lipinski definition) is 5. The van der Waals surface area contributed by atoms with Gasteiger partial charge in [-0.2, -0.15) is 13.2 Å². The molecule has 0 aliphatic heterocycles. The van der Waals surface area contributed by atoms with Gasteiger partial charge in [0.1, 0.15) is 0 Å². The molecule has 1 aromatic rings. The second-order valence-corrected chi connectivity index (χ2v) is 8.20. The number of alkyl halides is 3. The van der Waals surface area contributed by atoms with Crippen LogP contribution in [-0.4, -0.2) is 30.9 Å². The predicted molar refractivity (Wildman–Crippen MR) is 79.9 cm³/mol. The third-order valence-electron chi connectivity index (χ3n) is 2.34. The molecule has 0 radical (unpaired) electrons. The largest absolute Gasteiger partial charge is 0.496 e. The van der Waals surface area contributed by atoms with Gasteiger partial charge in [-0.1, -0.05) is 18.2 Å². The second kappa shape index (κ2) is 8.73. The quantitative estimate of drug-likeness (QED) is 0.511. The Labute approximate surface area is 135 Å². The molecule has 0 fully saturated rings. The molecule has 0 N–H and O–H groups in total. The van der Waals surface area contributed by atoms with Crippen LogP contribution in [0, 0.1) is 0 Å². The van der Waals surface area contributed by atoms with Gasteiger partial charge in [0.2, 0.25) is 4.90 Å². The van der Waals surface area contributed by atoms with Gasteiger partial charge in [-0.25, -0.2) is 8.98 Å². The highest BCUT2D eigenvalue weighted by Crippen LogP contribution is 2.50. The highest BCUT2D eigenvalue weighted by molar-refractivity contribution is 7.98. The Morgan fingerprint density at radius 3 is 2.09 bits per heavy atom. The normalized spacial score (nSPS) is 13.6. The minimum Gasteiger partial charge on any atom is -0.305 e. The lowest BCUT2D eigenvalue weighted by molar-refractivity contribution is -0.188. The van der Waals surface area contributed by atoms with Gasteiger partial charge in [-0.15, -0.1) is 0 Å². The van der Waals surface area contributed by atoms with Crippen molar-refractivity contribution in [2.24, 2.45) is 0 Å². The fourth-order valence-corrected chi connectivity index (χ4v) is 5.76. The SMILES string of the molecule is CCOP(=O)(C[S+](OC(=O)C(F)(F)F)c1ccccc1)OCC. The summed E-state index contributed by atoms with van der Waals surface area (Å²) < 4.78 is 64.5. The van der Waals surface area contributed by atoms with E-state index in [0.29, 0.717) is 4.90 Å². The maximum absolute atomic E-state index is 12.5. The van der Waals surface area contributed by atoms with Crippen LogP contribution in [0.5, 0.6) is 0 Å². The molecular weight excluding hydrogens is 356 g/mol. The molecule has 1 rings (SSSR count). The first kappa shape index (κ1) is 20.0. The summed E-state index contributed by atoms with van der Waals surface area (Å²) in [5, 5.41) is 0. The number of halogens is 3. The van der Waals surface area contributed by atoms with Gasteiger partial charge in [0, 0.05) is 0 Å². The summed E-state index contributed by atoms with van der Waals surface area (Å²) in [7, 11) is -3.68. The van der Waals surface area contributed by atoms with Crippen molar-refractivity contribution in [3.05, 3.63) is 30.3 Å². The number of rotatable bonds is 8. The third kappa shape index (κ3) is 6.55. The Hall–Kier alpha value is -1.02. The van der Waals surface area contributed by atoms with E-state index in [1.165, 1.54) is 12.1 Å². The van der Waals surface area contributed by atoms with E-state index in [2.05, 4.69) is 4.18 Å². The Bertz CT molecular complexity index is 542. The van der Waals surface area contributed by atoms with Crippen LogP contribution in [-0.2, 0) is 33.8 Å². The fraction of sp³-hybridized carbons (Fsp3) is 0.462. The lowest BCUT2D eigenvalue weighted by atomic mass is 10.4. The van der Waals surface area contributed by atoms with E-state index >= 15 is 0 Å². The van der Waals surface area contributed by atoms with Crippen LogP contribution >= 0.6 is 7.60 Å². The molecule has 130 valence electrons. The first-order valence-corrected chi connectivity index (χ1v) is 9.70. The van der Waals surface area contributed by atoms with E-state index in [9.17, 15) is 22.5 Å². The molecule has 1 atom stereocenters. The van der Waals surface area contributed by atoms with Crippen LogP contribution in [0.4, 0.5) is 13.2 Å². The van der Waals surface area contributed by atoms with E-state index in [1.807, 2.05) is 0 Å². The first-order chi connectivity index (χ1) is 10.7. The van der Waals surface area contributed by atoms with E-state index in [-0.39, 0.29) is 13.2 Å². The van der Waals surface area contributed by atoms with Crippen LogP contribution in [0.2, 0.25) is 0 Å². The molecule has 0 saturated carbocycles. The summed E-state index contributed by atoms with van der Waals surface area (Å²) in [6.07, 6.45) is -5.14. The molecule has 0 amide bonds. The molecule has 10 heteroatoms. The molecule has 0 heterocycles. The average Bonchev–Trinajstić information content (AvgIpc) is 2.47. The Balaban J connectivity index is 3.04. The molecule has 0 saturated heterocycles. The number of hydrogen-bond donors (Lipinski definition) is 0. The summed E-state index contributed by atoms with van der Waals surface area (Å²) in [5.74, 6) is -2.34. The molecule has 23 heavy (non-hydrogen) atoms. The third-order valence-corrected chi connectivity index (χ3v) is 7.00. The Morgan fingerprint density at radius 1 is 1.13 bits per heavy atom. The Kier molecular flexibility index (Phi) is 7.60. The minimum atomic E-state index is -5.14. The van der Waals surface area contributed by atoms with Gasteiger partial charge in [0.25, 0.3) is 16.7 Å². The van der Waals surface area contributed by atoms with Crippen molar-refractivity contribution >= 4 is 24.7 Å². The first-order valence-electron chi connectivity index (χ1n) is 6.65. The zero-order valence-electron chi connectivity index (χ0n) is 12.5. The monoisotopic (exact) mass is 373 g/mol. The van der Waals surface area contributed by atoms with Crippen molar-refractivity contribution in [3.8, 4) is 0 Å². The van der Waals surface area contributed by atoms with Crippen molar-refractivity contribution in [2.45, 2.75) is 24.9 Å². The van der Waals surface area contributed by atoms with Crippen molar-refractivity contribution < 1.29 is 35.8 Å². The van der Waals surface area contributed by atoms with Gasteiger partial charge >= 0.3 is 19.7 Å².